The lowest BCUT2D eigenvalue weighted by Crippen LogP contribution is -2.38. The number of hydrogen-bond donors (Lipinski definition) is 1. The van der Waals surface area contributed by atoms with Crippen molar-refractivity contribution in [3.8, 4) is 0 Å². The van der Waals surface area contributed by atoms with E-state index in [2.05, 4.69) is 15.2 Å². The lowest BCUT2D eigenvalue weighted by atomic mass is 9.95. The van der Waals surface area contributed by atoms with E-state index >= 15 is 0 Å². The Bertz CT molecular complexity index is 739. The van der Waals surface area contributed by atoms with Crippen LogP contribution in [0.15, 0.2) is 48.8 Å². The average Bonchev–Trinajstić information content (AvgIpc) is 2.69. The minimum atomic E-state index is -0.353. The summed E-state index contributed by atoms with van der Waals surface area (Å²) in [4.78, 5) is 30.5. The molecule has 0 aliphatic carbocycles. The summed E-state index contributed by atoms with van der Waals surface area (Å²) in [5.41, 5.74) is 2.32. The van der Waals surface area contributed by atoms with Crippen molar-refractivity contribution in [2.75, 3.05) is 29.9 Å². The van der Waals surface area contributed by atoms with Crippen LogP contribution in [0.1, 0.15) is 30.1 Å². The van der Waals surface area contributed by atoms with Gasteiger partial charge in [-0.1, -0.05) is 0 Å². The van der Waals surface area contributed by atoms with Gasteiger partial charge in [0, 0.05) is 42.8 Å². The SMILES string of the molecule is CCOC(=O)c1ccc(NC(=O)C2CCN(c3ccncc3)CC2)cc1. The minimum absolute atomic E-state index is 0.00202. The Balaban J connectivity index is 1.52. The van der Waals surface area contributed by atoms with Gasteiger partial charge in [-0.15, -0.1) is 0 Å². The zero-order valence-electron chi connectivity index (χ0n) is 14.9. The maximum atomic E-state index is 12.5. The van der Waals surface area contributed by atoms with Gasteiger partial charge in [-0.2, -0.15) is 0 Å². The van der Waals surface area contributed by atoms with Crippen molar-refractivity contribution in [3.63, 3.8) is 0 Å². The number of piperidine rings is 1. The molecule has 1 fully saturated rings. The molecule has 26 heavy (non-hydrogen) atoms. The van der Waals surface area contributed by atoms with Gasteiger partial charge in [-0.05, 0) is 56.2 Å². The summed E-state index contributed by atoms with van der Waals surface area (Å²) in [5, 5.41) is 2.94. The number of esters is 1. The van der Waals surface area contributed by atoms with Gasteiger partial charge >= 0.3 is 5.97 Å². The van der Waals surface area contributed by atoms with E-state index in [1.165, 1.54) is 0 Å². The van der Waals surface area contributed by atoms with Crippen molar-refractivity contribution in [2.24, 2.45) is 5.92 Å². The molecule has 0 unspecified atom stereocenters. The number of benzene rings is 1. The average molecular weight is 353 g/mol. The third-order valence-electron chi connectivity index (χ3n) is 4.56. The predicted octanol–water partition coefficient (Wildman–Crippen LogP) is 3.11. The highest BCUT2D eigenvalue weighted by Gasteiger charge is 2.25. The molecule has 0 saturated carbocycles. The molecule has 1 N–H and O–H groups in total. The van der Waals surface area contributed by atoms with Crippen molar-refractivity contribution in [1.82, 2.24) is 4.98 Å². The van der Waals surface area contributed by atoms with Gasteiger partial charge in [0.05, 0.1) is 12.2 Å². The number of carbonyl (C=O) groups excluding carboxylic acids is 2. The highest BCUT2D eigenvalue weighted by molar-refractivity contribution is 5.94. The summed E-state index contributed by atoms with van der Waals surface area (Å²) in [6.45, 7) is 3.82. The van der Waals surface area contributed by atoms with Gasteiger partial charge in [-0.3, -0.25) is 9.78 Å². The maximum Gasteiger partial charge on any atom is 0.338 e. The van der Waals surface area contributed by atoms with Crippen LogP contribution in [0.3, 0.4) is 0 Å². The van der Waals surface area contributed by atoms with E-state index in [4.69, 9.17) is 4.74 Å². The zero-order chi connectivity index (χ0) is 18.4. The number of ether oxygens (including phenoxy) is 1. The van der Waals surface area contributed by atoms with Crippen LogP contribution in [0.4, 0.5) is 11.4 Å². The van der Waals surface area contributed by atoms with E-state index in [9.17, 15) is 9.59 Å². The first-order valence-electron chi connectivity index (χ1n) is 8.90. The lowest BCUT2D eigenvalue weighted by molar-refractivity contribution is -0.120. The van der Waals surface area contributed by atoms with Crippen LogP contribution in [-0.4, -0.2) is 36.6 Å². The fourth-order valence-corrected chi connectivity index (χ4v) is 3.10. The number of nitrogens with zero attached hydrogens (tertiary/aromatic N) is 2. The van der Waals surface area contributed by atoms with Crippen LogP contribution in [0, 0.1) is 5.92 Å². The van der Waals surface area contributed by atoms with E-state index in [1.54, 1.807) is 43.6 Å². The van der Waals surface area contributed by atoms with Gasteiger partial charge in [0.15, 0.2) is 0 Å². The van der Waals surface area contributed by atoms with E-state index < -0.39 is 0 Å². The molecule has 1 saturated heterocycles. The molecule has 2 aromatic rings. The lowest BCUT2D eigenvalue weighted by Gasteiger charge is -2.32. The highest BCUT2D eigenvalue weighted by Crippen LogP contribution is 2.24. The molecule has 1 amide bonds. The molecule has 0 bridgehead atoms. The predicted molar refractivity (Wildman–Crippen MR) is 100 cm³/mol. The number of anilines is 2. The van der Waals surface area contributed by atoms with Gasteiger partial charge in [0.1, 0.15) is 0 Å². The zero-order valence-corrected chi connectivity index (χ0v) is 14.9. The third kappa shape index (κ3) is 4.39. The van der Waals surface area contributed by atoms with Crippen LogP contribution < -0.4 is 10.2 Å². The van der Waals surface area contributed by atoms with Crippen molar-refractivity contribution in [1.29, 1.82) is 0 Å². The molecule has 136 valence electrons. The Morgan fingerprint density at radius 2 is 1.77 bits per heavy atom. The summed E-state index contributed by atoms with van der Waals surface area (Å²) >= 11 is 0. The smallest absolute Gasteiger partial charge is 0.338 e. The number of nitrogens with one attached hydrogen (secondary N) is 1. The second-order valence-corrected chi connectivity index (χ2v) is 6.25. The Kier molecular flexibility index (Phi) is 5.84. The summed E-state index contributed by atoms with van der Waals surface area (Å²) < 4.78 is 4.96. The molecule has 6 nitrogen and oxygen atoms in total. The van der Waals surface area contributed by atoms with Crippen LogP contribution in [0.2, 0.25) is 0 Å². The monoisotopic (exact) mass is 353 g/mol. The minimum Gasteiger partial charge on any atom is -0.462 e. The number of rotatable bonds is 5. The van der Waals surface area contributed by atoms with Crippen molar-refractivity contribution >= 4 is 23.3 Å². The van der Waals surface area contributed by atoms with Gasteiger partial charge in [0.2, 0.25) is 5.91 Å². The van der Waals surface area contributed by atoms with E-state index in [-0.39, 0.29) is 17.8 Å². The molecular weight excluding hydrogens is 330 g/mol. The summed E-state index contributed by atoms with van der Waals surface area (Å²) in [6, 6.07) is 10.8. The maximum absolute atomic E-state index is 12.5. The van der Waals surface area contributed by atoms with Crippen LogP contribution in [0.5, 0.6) is 0 Å². The normalized spacial score (nSPS) is 14.7. The molecule has 0 atom stereocenters. The topological polar surface area (TPSA) is 71.5 Å². The van der Waals surface area contributed by atoms with Crippen LogP contribution >= 0.6 is 0 Å². The van der Waals surface area contributed by atoms with E-state index in [0.717, 1.165) is 31.6 Å². The van der Waals surface area contributed by atoms with E-state index in [1.807, 2.05) is 12.1 Å². The third-order valence-corrected chi connectivity index (χ3v) is 4.56. The Hall–Kier alpha value is -2.89. The largest absolute Gasteiger partial charge is 0.462 e. The van der Waals surface area contributed by atoms with Crippen molar-refractivity contribution < 1.29 is 14.3 Å². The second kappa shape index (κ2) is 8.47. The molecule has 2 heterocycles. The molecule has 1 aromatic heterocycles. The van der Waals surface area contributed by atoms with Crippen LogP contribution in [-0.2, 0) is 9.53 Å². The quantitative estimate of drug-likeness (QED) is 0.836. The van der Waals surface area contributed by atoms with Gasteiger partial charge in [0.25, 0.3) is 0 Å². The fourth-order valence-electron chi connectivity index (χ4n) is 3.10. The second-order valence-electron chi connectivity index (χ2n) is 6.25. The number of amides is 1. The first-order chi connectivity index (χ1) is 12.7. The standard InChI is InChI=1S/C20H23N3O3/c1-2-26-20(25)16-3-5-17(6-4-16)22-19(24)15-9-13-23(14-10-15)18-7-11-21-12-8-18/h3-8,11-12,15H,2,9-10,13-14H2,1H3,(H,22,24). The number of pyridine rings is 1. The number of aromatic nitrogens is 1. The number of carbonyl (C=O) groups is 2. The van der Waals surface area contributed by atoms with Crippen molar-refractivity contribution in [3.05, 3.63) is 54.4 Å². The van der Waals surface area contributed by atoms with Crippen LogP contribution in [0.25, 0.3) is 0 Å². The Labute approximate surface area is 153 Å². The summed E-state index contributed by atoms with van der Waals surface area (Å²) in [5.74, 6) is -0.324. The molecule has 3 rings (SSSR count). The van der Waals surface area contributed by atoms with E-state index in [0.29, 0.717) is 17.9 Å². The molecule has 1 aliphatic rings. The summed E-state index contributed by atoms with van der Waals surface area (Å²) in [6.07, 6.45) is 5.20. The van der Waals surface area contributed by atoms with Gasteiger partial charge in [-0.25, -0.2) is 4.79 Å². The first-order valence-corrected chi connectivity index (χ1v) is 8.90. The molecule has 0 spiro atoms. The first kappa shape index (κ1) is 17.9. The molecule has 1 aliphatic heterocycles. The van der Waals surface area contributed by atoms with Gasteiger partial charge < -0.3 is 15.0 Å². The van der Waals surface area contributed by atoms with Crippen molar-refractivity contribution in [2.45, 2.75) is 19.8 Å². The fraction of sp³-hybridized carbons (Fsp3) is 0.350. The highest BCUT2D eigenvalue weighted by atomic mass is 16.5. The molecule has 6 heteroatoms. The summed E-state index contributed by atoms with van der Waals surface area (Å²) in [7, 11) is 0. The molecular formula is C20H23N3O3. The number of hydrogen-bond acceptors (Lipinski definition) is 5. The molecule has 1 aromatic carbocycles. The Morgan fingerprint density at radius 3 is 2.38 bits per heavy atom. The Morgan fingerprint density at radius 1 is 1.12 bits per heavy atom. The molecule has 0 radical (unpaired) electrons.